The predicted octanol–water partition coefficient (Wildman–Crippen LogP) is 4.08. The van der Waals surface area contributed by atoms with Crippen LogP contribution < -0.4 is 4.74 Å². The number of benzene rings is 2. The highest BCUT2D eigenvalue weighted by atomic mass is 16.5. The molecule has 1 N–H and O–H groups in total. The number of hydrogen-bond acceptors (Lipinski definition) is 3. The average molecular weight is 284 g/mol. The van der Waals surface area contributed by atoms with Gasteiger partial charge in [0.05, 0.1) is 0 Å². The summed E-state index contributed by atoms with van der Waals surface area (Å²) in [5.41, 5.74) is 1.47. The zero-order valence-electron chi connectivity index (χ0n) is 11.9. The van der Waals surface area contributed by atoms with E-state index in [1.807, 2.05) is 0 Å². The summed E-state index contributed by atoms with van der Waals surface area (Å²) < 4.78 is 5.68. The number of hydrogen-bond donors (Lipinski definition) is 1. The fourth-order valence-electron chi connectivity index (χ4n) is 1.99. The lowest BCUT2D eigenvalue weighted by molar-refractivity contribution is 0.0693. The van der Waals surface area contributed by atoms with Gasteiger partial charge in [0.25, 0.3) is 0 Å². The fraction of sp³-hybridized carbons (Fsp3) is 0.176. The number of para-hydroxylation sites is 1. The van der Waals surface area contributed by atoms with Crippen molar-refractivity contribution < 1.29 is 19.4 Å². The van der Waals surface area contributed by atoms with E-state index in [4.69, 9.17) is 4.74 Å². The number of aromatic carboxylic acids is 1. The molecule has 2 aromatic carbocycles. The van der Waals surface area contributed by atoms with Crippen molar-refractivity contribution in [2.45, 2.75) is 20.3 Å². The maximum absolute atomic E-state index is 11.6. The molecular formula is C17H16O4. The molecule has 0 radical (unpaired) electrons. The van der Waals surface area contributed by atoms with Crippen LogP contribution in [0, 0.1) is 6.92 Å². The number of carboxylic acid groups (broad SMARTS) is 1. The Bertz CT molecular complexity index is 672. The molecule has 0 aliphatic rings. The van der Waals surface area contributed by atoms with E-state index >= 15 is 0 Å². The first kappa shape index (κ1) is 14.8. The van der Waals surface area contributed by atoms with Crippen LogP contribution in [0.3, 0.4) is 0 Å². The van der Waals surface area contributed by atoms with E-state index in [0.29, 0.717) is 23.5 Å². The highest BCUT2D eigenvalue weighted by Gasteiger charge is 2.14. The molecule has 0 aromatic heterocycles. The number of ketones is 1. The van der Waals surface area contributed by atoms with E-state index in [0.717, 1.165) is 5.56 Å². The van der Waals surface area contributed by atoms with Crippen molar-refractivity contribution in [3.8, 4) is 11.5 Å². The molecule has 0 aliphatic carbocycles. The molecule has 0 unspecified atom stereocenters. The van der Waals surface area contributed by atoms with Gasteiger partial charge < -0.3 is 9.84 Å². The summed E-state index contributed by atoms with van der Waals surface area (Å²) >= 11 is 0. The molecule has 0 saturated carbocycles. The van der Waals surface area contributed by atoms with Crippen molar-refractivity contribution in [2.24, 2.45) is 0 Å². The number of rotatable bonds is 5. The van der Waals surface area contributed by atoms with Crippen LogP contribution in [0.2, 0.25) is 0 Å². The molecule has 108 valence electrons. The number of carbonyl (C=O) groups is 2. The van der Waals surface area contributed by atoms with Gasteiger partial charge in [0, 0.05) is 12.0 Å². The Morgan fingerprint density at radius 1 is 1.10 bits per heavy atom. The molecule has 2 rings (SSSR count). The first-order chi connectivity index (χ1) is 10.0. The van der Waals surface area contributed by atoms with E-state index < -0.39 is 5.97 Å². The zero-order chi connectivity index (χ0) is 15.4. The normalized spacial score (nSPS) is 10.2. The lowest BCUT2D eigenvalue weighted by Gasteiger charge is -2.11. The predicted molar refractivity (Wildman–Crippen MR) is 79.3 cm³/mol. The molecule has 0 bridgehead atoms. The molecule has 0 aliphatic heterocycles. The summed E-state index contributed by atoms with van der Waals surface area (Å²) in [6.07, 6.45) is 0.446. The van der Waals surface area contributed by atoms with Gasteiger partial charge in [-0.2, -0.15) is 0 Å². The highest BCUT2D eigenvalue weighted by Crippen LogP contribution is 2.29. The molecule has 2 aromatic rings. The summed E-state index contributed by atoms with van der Waals surface area (Å²) in [4.78, 5) is 22.8. The summed E-state index contributed by atoms with van der Waals surface area (Å²) in [5.74, 6) is -0.158. The van der Waals surface area contributed by atoms with Gasteiger partial charge in [0.15, 0.2) is 5.78 Å². The standard InChI is InChI=1S/C17H16O4/c1-3-15(18)12-7-9-13(10-8-12)21-16-11(2)5-4-6-14(16)17(19)20/h4-10H,3H2,1-2H3,(H,19,20). The minimum Gasteiger partial charge on any atom is -0.478 e. The first-order valence-corrected chi connectivity index (χ1v) is 6.67. The van der Waals surface area contributed by atoms with Gasteiger partial charge in [-0.15, -0.1) is 0 Å². The van der Waals surface area contributed by atoms with Gasteiger partial charge in [-0.05, 0) is 42.8 Å². The molecule has 4 heteroatoms. The third-order valence-corrected chi connectivity index (χ3v) is 3.16. The Labute approximate surface area is 123 Å². The number of Topliss-reactive ketones (excluding diaryl/α,β-unsaturated/α-hetero) is 1. The van der Waals surface area contributed by atoms with Gasteiger partial charge in [-0.3, -0.25) is 4.79 Å². The van der Waals surface area contributed by atoms with Gasteiger partial charge in [-0.1, -0.05) is 19.1 Å². The van der Waals surface area contributed by atoms with E-state index in [9.17, 15) is 14.7 Å². The molecule has 0 heterocycles. The first-order valence-electron chi connectivity index (χ1n) is 6.67. The fourth-order valence-corrected chi connectivity index (χ4v) is 1.99. The average Bonchev–Trinajstić information content (AvgIpc) is 2.49. The second-order valence-corrected chi connectivity index (χ2v) is 4.66. The van der Waals surface area contributed by atoms with Gasteiger partial charge >= 0.3 is 5.97 Å². The van der Waals surface area contributed by atoms with Crippen molar-refractivity contribution in [2.75, 3.05) is 0 Å². The van der Waals surface area contributed by atoms with E-state index in [1.54, 1.807) is 50.2 Å². The molecule has 21 heavy (non-hydrogen) atoms. The highest BCUT2D eigenvalue weighted by molar-refractivity contribution is 5.96. The lowest BCUT2D eigenvalue weighted by atomic mass is 10.1. The largest absolute Gasteiger partial charge is 0.478 e. The smallest absolute Gasteiger partial charge is 0.339 e. The number of ether oxygens (including phenoxy) is 1. The van der Waals surface area contributed by atoms with Crippen LogP contribution in [-0.2, 0) is 0 Å². The molecular weight excluding hydrogens is 268 g/mol. The van der Waals surface area contributed by atoms with Crippen molar-refractivity contribution in [3.05, 3.63) is 59.2 Å². The third kappa shape index (κ3) is 3.28. The van der Waals surface area contributed by atoms with Crippen LogP contribution in [-0.4, -0.2) is 16.9 Å². The van der Waals surface area contributed by atoms with Crippen LogP contribution in [0.1, 0.15) is 39.6 Å². The van der Waals surface area contributed by atoms with E-state index in [1.165, 1.54) is 6.07 Å². The molecule has 0 atom stereocenters. The van der Waals surface area contributed by atoms with Crippen molar-refractivity contribution in [1.29, 1.82) is 0 Å². The van der Waals surface area contributed by atoms with E-state index in [2.05, 4.69) is 0 Å². The van der Waals surface area contributed by atoms with Crippen molar-refractivity contribution in [1.82, 2.24) is 0 Å². The number of aryl methyl sites for hydroxylation is 1. The Kier molecular flexibility index (Phi) is 4.38. The van der Waals surface area contributed by atoms with Gasteiger partial charge in [0.1, 0.15) is 17.1 Å². The summed E-state index contributed by atoms with van der Waals surface area (Å²) in [7, 11) is 0. The van der Waals surface area contributed by atoms with E-state index in [-0.39, 0.29) is 11.3 Å². The van der Waals surface area contributed by atoms with Crippen molar-refractivity contribution in [3.63, 3.8) is 0 Å². The maximum atomic E-state index is 11.6. The van der Waals surface area contributed by atoms with Crippen LogP contribution in [0.4, 0.5) is 0 Å². The van der Waals surface area contributed by atoms with Gasteiger partial charge in [-0.25, -0.2) is 4.79 Å². The Morgan fingerprint density at radius 3 is 2.33 bits per heavy atom. The third-order valence-electron chi connectivity index (χ3n) is 3.16. The Morgan fingerprint density at radius 2 is 1.76 bits per heavy atom. The van der Waals surface area contributed by atoms with Crippen LogP contribution in [0.5, 0.6) is 11.5 Å². The molecule has 0 fully saturated rings. The zero-order valence-corrected chi connectivity index (χ0v) is 11.9. The molecule has 0 saturated heterocycles. The number of carbonyl (C=O) groups excluding carboxylic acids is 1. The summed E-state index contributed by atoms with van der Waals surface area (Å²) in [6, 6.07) is 11.7. The number of carboxylic acids is 1. The summed E-state index contributed by atoms with van der Waals surface area (Å²) in [5, 5.41) is 9.19. The minimum atomic E-state index is -1.04. The topological polar surface area (TPSA) is 63.6 Å². The lowest BCUT2D eigenvalue weighted by Crippen LogP contribution is -2.02. The molecule has 0 spiro atoms. The van der Waals surface area contributed by atoms with Gasteiger partial charge in [0.2, 0.25) is 0 Å². The van der Waals surface area contributed by atoms with Crippen molar-refractivity contribution >= 4 is 11.8 Å². The SMILES string of the molecule is CCC(=O)c1ccc(Oc2c(C)cccc2C(=O)O)cc1. The second-order valence-electron chi connectivity index (χ2n) is 4.66. The maximum Gasteiger partial charge on any atom is 0.339 e. The molecule has 4 nitrogen and oxygen atoms in total. The van der Waals surface area contributed by atoms with Crippen LogP contribution in [0.25, 0.3) is 0 Å². The quantitative estimate of drug-likeness (QED) is 0.840. The second kappa shape index (κ2) is 6.22. The Balaban J connectivity index is 2.30. The summed E-state index contributed by atoms with van der Waals surface area (Å²) in [6.45, 7) is 3.59. The minimum absolute atomic E-state index is 0.0590. The monoisotopic (exact) mass is 284 g/mol. The van der Waals surface area contributed by atoms with Crippen LogP contribution >= 0.6 is 0 Å². The Hall–Kier alpha value is -2.62. The van der Waals surface area contributed by atoms with Crippen LogP contribution in [0.15, 0.2) is 42.5 Å². The molecule has 0 amide bonds.